The normalized spacial score (nSPS) is 12.2. The van der Waals surface area contributed by atoms with E-state index in [1.54, 1.807) is 0 Å². The van der Waals surface area contributed by atoms with Crippen LogP contribution in [0.4, 0.5) is 0 Å². The molecule has 0 aliphatic heterocycles. The van der Waals surface area contributed by atoms with Crippen LogP contribution in [0.15, 0.2) is 42.5 Å². The first kappa shape index (κ1) is 14.2. The molecule has 0 radical (unpaired) electrons. The summed E-state index contributed by atoms with van der Waals surface area (Å²) in [6.45, 7) is 2.36. The van der Waals surface area contributed by atoms with Gasteiger partial charge < -0.3 is 10.5 Å². The Bertz CT molecular complexity index is 555. The van der Waals surface area contributed by atoms with Crippen molar-refractivity contribution >= 4 is 23.2 Å². The van der Waals surface area contributed by atoms with Gasteiger partial charge in [-0.1, -0.05) is 41.4 Å². The van der Waals surface area contributed by atoms with Gasteiger partial charge in [0, 0.05) is 11.6 Å². The lowest BCUT2D eigenvalue weighted by Crippen LogP contribution is -2.18. The molecular weight excluding hydrogens is 281 g/mol. The molecular formula is C15H15Cl2NO. The smallest absolute Gasteiger partial charge is 0.139 e. The molecule has 0 aliphatic carbocycles. The van der Waals surface area contributed by atoms with Gasteiger partial charge in [0.25, 0.3) is 0 Å². The van der Waals surface area contributed by atoms with Crippen LogP contribution in [-0.2, 0) is 0 Å². The molecule has 0 fully saturated rings. The maximum absolute atomic E-state index is 6.12. The van der Waals surface area contributed by atoms with E-state index in [9.17, 15) is 0 Å². The summed E-state index contributed by atoms with van der Waals surface area (Å²) in [6, 6.07) is 13.1. The van der Waals surface area contributed by atoms with E-state index in [1.807, 2.05) is 49.4 Å². The third-order valence-corrected chi connectivity index (χ3v) is 3.38. The van der Waals surface area contributed by atoms with E-state index in [2.05, 4.69) is 0 Å². The standard InChI is InChI=1S/C15H15Cl2NO/c1-10-2-7-13(17)14(8-10)19-15(9-18)11-3-5-12(16)6-4-11/h2-8,15H,9,18H2,1H3. The highest BCUT2D eigenvalue weighted by Crippen LogP contribution is 2.30. The number of ether oxygens (including phenoxy) is 1. The molecule has 2 nitrogen and oxygen atoms in total. The molecule has 2 N–H and O–H groups in total. The predicted octanol–water partition coefficient (Wildman–Crippen LogP) is 4.38. The molecule has 1 atom stereocenters. The van der Waals surface area contributed by atoms with Crippen LogP contribution in [0.25, 0.3) is 0 Å². The minimum absolute atomic E-state index is 0.239. The third-order valence-electron chi connectivity index (χ3n) is 2.81. The molecule has 100 valence electrons. The van der Waals surface area contributed by atoms with E-state index in [-0.39, 0.29) is 6.10 Å². The van der Waals surface area contributed by atoms with E-state index in [1.165, 1.54) is 0 Å². The van der Waals surface area contributed by atoms with Gasteiger partial charge in [-0.3, -0.25) is 0 Å². The largest absolute Gasteiger partial charge is 0.483 e. The molecule has 4 heteroatoms. The van der Waals surface area contributed by atoms with Crippen molar-refractivity contribution in [1.82, 2.24) is 0 Å². The summed E-state index contributed by atoms with van der Waals surface area (Å²) in [6.07, 6.45) is -0.239. The molecule has 0 saturated heterocycles. The van der Waals surface area contributed by atoms with Gasteiger partial charge in [-0.2, -0.15) is 0 Å². The van der Waals surface area contributed by atoms with Gasteiger partial charge in [0.05, 0.1) is 5.02 Å². The van der Waals surface area contributed by atoms with Gasteiger partial charge >= 0.3 is 0 Å². The van der Waals surface area contributed by atoms with Gasteiger partial charge in [-0.25, -0.2) is 0 Å². The summed E-state index contributed by atoms with van der Waals surface area (Å²) in [5, 5.41) is 1.27. The number of benzene rings is 2. The van der Waals surface area contributed by atoms with Gasteiger partial charge in [0.1, 0.15) is 11.9 Å². The van der Waals surface area contributed by atoms with E-state index >= 15 is 0 Å². The maximum atomic E-state index is 6.12. The average Bonchev–Trinajstić information content (AvgIpc) is 2.41. The molecule has 0 spiro atoms. The fourth-order valence-corrected chi connectivity index (χ4v) is 2.07. The van der Waals surface area contributed by atoms with Crippen molar-refractivity contribution in [1.29, 1.82) is 0 Å². The Morgan fingerprint density at radius 1 is 1.11 bits per heavy atom. The molecule has 2 aromatic carbocycles. The van der Waals surface area contributed by atoms with Crippen molar-refractivity contribution in [3.63, 3.8) is 0 Å². The topological polar surface area (TPSA) is 35.2 Å². The molecule has 1 unspecified atom stereocenters. The quantitative estimate of drug-likeness (QED) is 0.908. The van der Waals surface area contributed by atoms with Crippen molar-refractivity contribution in [2.75, 3.05) is 6.54 Å². The molecule has 0 amide bonds. The Hall–Kier alpha value is -1.22. The summed E-state index contributed by atoms with van der Waals surface area (Å²) in [7, 11) is 0. The Labute approximate surface area is 123 Å². The molecule has 0 aliphatic rings. The first-order chi connectivity index (χ1) is 9.10. The fourth-order valence-electron chi connectivity index (χ4n) is 1.78. The van der Waals surface area contributed by atoms with Crippen molar-refractivity contribution in [3.8, 4) is 5.75 Å². The summed E-state index contributed by atoms with van der Waals surface area (Å²) < 4.78 is 5.90. The van der Waals surface area contributed by atoms with Crippen molar-refractivity contribution in [2.45, 2.75) is 13.0 Å². The van der Waals surface area contributed by atoms with Crippen LogP contribution < -0.4 is 10.5 Å². The second-order valence-electron chi connectivity index (χ2n) is 4.33. The van der Waals surface area contributed by atoms with Crippen LogP contribution >= 0.6 is 23.2 Å². The first-order valence-electron chi connectivity index (χ1n) is 5.98. The van der Waals surface area contributed by atoms with Crippen molar-refractivity contribution in [3.05, 3.63) is 63.6 Å². The SMILES string of the molecule is Cc1ccc(Cl)c(OC(CN)c2ccc(Cl)cc2)c1. The lowest BCUT2D eigenvalue weighted by molar-refractivity contribution is 0.214. The molecule has 0 heterocycles. The lowest BCUT2D eigenvalue weighted by Gasteiger charge is -2.19. The average molecular weight is 296 g/mol. The van der Waals surface area contributed by atoms with Crippen LogP contribution in [-0.4, -0.2) is 6.54 Å². The maximum Gasteiger partial charge on any atom is 0.139 e. The highest BCUT2D eigenvalue weighted by molar-refractivity contribution is 6.32. The zero-order chi connectivity index (χ0) is 13.8. The highest BCUT2D eigenvalue weighted by atomic mass is 35.5. The van der Waals surface area contributed by atoms with Gasteiger partial charge in [-0.05, 0) is 42.3 Å². The molecule has 0 aromatic heterocycles. The molecule has 2 rings (SSSR count). The fraction of sp³-hybridized carbons (Fsp3) is 0.200. The third kappa shape index (κ3) is 3.63. The van der Waals surface area contributed by atoms with E-state index in [4.69, 9.17) is 33.7 Å². The van der Waals surface area contributed by atoms with Crippen LogP contribution in [0.5, 0.6) is 5.75 Å². The second-order valence-corrected chi connectivity index (χ2v) is 5.17. The monoisotopic (exact) mass is 295 g/mol. The number of halogens is 2. The van der Waals surface area contributed by atoms with Crippen LogP contribution in [0, 0.1) is 6.92 Å². The lowest BCUT2D eigenvalue weighted by atomic mass is 10.1. The number of rotatable bonds is 4. The Morgan fingerprint density at radius 3 is 2.42 bits per heavy atom. The summed E-state index contributed by atoms with van der Waals surface area (Å²) in [5.74, 6) is 0.645. The highest BCUT2D eigenvalue weighted by Gasteiger charge is 2.13. The molecule has 0 saturated carbocycles. The number of hydrogen-bond donors (Lipinski definition) is 1. The summed E-state index contributed by atoms with van der Waals surface area (Å²) >= 11 is 12.0. The van der Waals surface area contributed by atoms with Gasteiger partial charge in [-0.15, -0.1) is 0 Å². The van der Waals surface area contributed by atoms with E-state index < -0.39 is 0 Å². The Balaban J connectivity index is 2.23. The van der Waals surface area contributed by atoms with Gasteiger partial charge in [0.2, 0.25) is 0 Å². The summed E-state index contributed by atoms with van der Waals surface area (Å²) in [5.41, 5.74) is 7.84. The second kappa shape index (κ2) is 6.29. The molecule has 0 bridgehead atoms. The minimum Gasteiger partial charge on any atom is -0.483 e. The summed E-state index contributed by atoms with van der Waals surface area (Å²) in [4.78, 5) is 0. The van der Waals surface area contributed by atoms with Crippen molar-refractivity contribution < 1.29 is 4.74 Å². The van der Waals surface area contributed by atoms with E-state index in [0.717, 1.165) is 11.1 Å². The number of aryl methyl sites for hydroxylation is 1. The Morgan fingerprint density at radius 2 is 1.79 bits per heavy atom. The predicted molar refractivity (Wildman–Crippen MR) is 80.1 cm³/mol. The van der Waals surface area contributed by atoms with E-state index in [0.29, 0.717) is 22.3 Å². The van der Waals surface area contributed by atoms with Gasteiger partial charge in [0.15, 0.2) is 0 Å². The molecule has 19 heavy (non-hydrogen) atoms. The van der Waals surface area contributed by atoms with Crippen molar-refractivity contribution in [2.24, 2.45) is 5.73 Å². The minimum atomic E-state index is -0.239. The first-order valence-corrected chi connectivity index (χ1v) is 6.74. The number of hydrogen-bond acceptors (Lipinski definition) is 2. The zero-order valence-corrected chi connectivity index (χ0v) is 12.1. The zero-order valence-electron chi connectivity index (χ0n) is 10.6. The number of nitrogens with two attached hydrogens (primary N) is 1. The van der Waals surface area contributed by atoms with Crippen LogP contribution in [0.1, 0.15) is 17.2 Å². The molecule has 2 aromatic rings. The van der Waals surface area contributed by atoms with Crippen LogP contribution in [0.3, 0.4) is 0 Å². The van der Waals surface area contributed by atoms with Crippen LogP contribution in [0.2, 0.25) is 10.0 Å². The Kier molecular flexibility index (Phi) is 4.70.